The number of Topliss-reactive ketones (excluding diaryl/α,β-unsaturated/α-hetero) is 1. The smallest absolute Gasteiger partial charge is 0.133 e. The average Bonchev–Trinajstić information content (AvgIpc) is 2.45. The summed E-state index contributed by atoms with van der Waals surface area (Å²) in [6.45, 7) is 4.01. The third-order valence-corrected chi connectivity index (χ3v) is 3.58. The number of ketones is 1. The second-order valence-electron chi connectivity index (χ2n) is 5.30. The Bertz CT molecular complexity index is 427. The highest BCUT2D eigenvalue weighted by molar-refractivity contribution is 5.76. The Kier molecular flexibility index (Phi) is 5.20. The molecule has 1 aromatic rings. The van der Waals surface area contributed by atoms with Crippen LogP contribution in [0.3, 0.4) is 0 Å². The van der Waals surface area contributed by atoms with Gasteiger partial charge in [0.05, 0.1) is 0 Å². The SMILES string of the molecule is CC(=O)CC=CCc1ccc(N2CCCCC2)cc1. The maximum atomic E-state index is 10.8. The molecule has 1 aliphatic heterocycles. The monoisotopic (exact) mass is 257 g/mol. The maximum Gasteiger partial charge on any atom is 0.133 e. The van der Waals surface area contributed by atoms with E-state index in [0.717, 1.165) is 6.42 Å². The number of hydrogen-bond donors (Lipinski definition) is 0. The highest BCUT2D eigenvalue weighted by atomic mass is 16.1. The first-order chi connectivity index (χ1) is 9.25. The van der Waals surface area contributed by atoms with Crippen molar-refractivity contribution >= 4 is 11.5 Å². The molecule has 2 rings (SSSR count). The first-order valence-electron chi connectivity index (χ1n) is 7.24. The Hall–Kier alpha value is -1.57. The minimum Gasteiger partial charge on any atom is -0.372 e. The van der Waals surface area contributed by atoms with E-state index >= 15 is 0 Å². The number of anilines is 1. The van der Waals surface area contributed by atoms with Gasteiger partial charge in [0.2, 0.25) is 0 Å². The van der Waals surface area contributed by atoms with E-state index in [2.05, 4.69) is 35.2 Å². The molecule has 19 heavy (non-hydrogen) atoms. The Morgan fingerprint density at radius 1 is 1.11 bits per heavy atom. The molecule has 0 saturated carbocycles. The quantitative estimate of drug-likeness (QED) is 0.749. The van der Waals surface area contributed by atoms with E-state index in [4.69, 9.17) is 0 Å². The van der Waals surface area contributed by atoms with Crippen LogP contribution in [0.5, 0.6) is 0 Å². The van der Waals surface area contributed by atoms with Crippen molar-refractivity contribution in [1.29, 1.82) is 0 Å². The van der Waals surface area contributed by atoms with Gasteiger partial charge in [0.15, 0.2) is 0 Å². The van der Waals surface area contributed by atoms with Gasteiger partial charge < -0.3 is 4.90 Å². The number of benzene rings is 1. The molecule has 0 radical (unpaired) electrons. The molecule has 0 unspecified atom stereocenters. The number of carbonyl (C=O) groups excluding carboxylic acids is 1. The summed E-state index contributed by atoms with van der Waals surface area (Å²) in [5.41, 5.74) is 2.65. The Balaban J connectivity index is 1.87. The van der Waals surface area contributed by atoms with Crippen molar-refractivity contribution in [1.82, 2.24) is 0 Å². The largest absolute Gasteiger partial charge is 0.372 e. The number of carbonyl (C=O) groups is 1. The van der Waals surface area contributed by atoms with Crippen LogP contribution in [0.2, 0.25) is 0 Å². The van der Waals surface area contributed by atoms with E-state index in [1.165, 1.54) is 43.6 Å². The summed E-state index contributed by atoms with van der Waals surface area (Å²) in [6, 6.07) is 8.84. The Morgan fingerprint density at radius 2 is 1.79 bits per heavy atom. The van der Waals surface area contributed by atoms with E-state index in [-0.39, 0.29) is 5.78 Å². The van der Waals surface area contributed by atoms with E-state index in [9.17, 15) is 4.79 Å². The van der Waals surface area contributed by atoms with Crippen LogP contribution in [0, 0.1) is 0 Å². The van der Waals surface area contributed by atoms with Gasteiger partial charge in [0, 0.05) is 25.2 Å². The summed E-state index contributed by atoms with van der Waals surface area (Å²) in [6.07, 6.45) is 9.50. The molecule has 0 N–H and O–H groups in total. The normalized spacial score (nSPS) is 15.9. The van der Waals surface area contributed by atoms with Crippen LogP contribution in [0.1, 0.15) is 38.2 Å². The van der Waals surface area contributed by atoms with Gasteiger partial charge in [-0.15, -0.1) is 0 Å². The highest BCUT2D eigenvalue weighted by Gasteiger charge is 2.10. The predicted molar refractivity (Wildman–Crippen MR) is 80.6 cm³/mol. The average molecular weight is 257 g/mol. The third-order valence-electron chi connectivity index (χ3n) is 3.58. The second-order valence-corrected chi connectivity index (χ2v) is 5.30. The van der Waals surface area contributed by atoms with Crippen LogP contribution < -0.4 is 4.90 Å². The van der Waals surface area contributed by atoms with Gasteiger partial charge in [-0.05, 0) is 50.3 Å². The molecule has 0 spiro atoms. The van der Waals surface area contributed by atoms with Crippen LogP contribution in [-0.2, 0) is 11.2 Å². The maximum absolute atomic E-state index is 10.8. The number of hydrogen-bond acceptors (Lipinski definition) is 2. The minimum atomic E-state index is 0.219. The minimum absolute atomic E-state index is 0.219. The first-order valence-corrected chi connectivity index (χ1v) is 7.24. The van der Waals surface area contributed by atoms with Crippen LogP contribution in [0.4, 0.5) is 5.69 Å². The lowest BCUT2D eigenvalue weighted by Gasteiger charge is -2.28. The zero-order valence-corrected chi connectivity index (χ0v) is 11.8. The zero-order chi connectivity index (χ0) is 13.5. The van der Waals surface area contributed by atoms with Crippen LogP contribution in [-0.4, -0.2) is 18.9 Å². The molecule has 0 amide bonds. The molecular weight excluding hydrogens is 234 g/mol. The van der Waals surface area contributed by atoms with Crippen molar-refractivity contribution in [3.05, 3.63) is 42.0 Å². The van der Waals surface area contributed by atoms with E-state index in [1.54, 1.807) is 6.92 Å². The molecule has 1 saturated heterocycles. The predicted octanol–water partition coefficient (Wildman–Crippen LogP) is 3.75. The topological polar surface area (TPSA) is 20.3 Å². The Morgan fingerprint density at radius 3 is 2.42 bits per heavy atom. The van der Waals surface area contributed by atoms with Crippen molar-refractivity contribution < 1.29 is 4.79 Å². The fourth-order valence-corrected chi connectivity index (χ4v) is 2.46. The molecule has 2 nitrogen and oxygen atoms in total. The van der Waals surface area contributed by atoms with E-state index in [0.29, 0.717) is 6.42 Å². The lowest BCUT2D eigenvalue weighted by Crippen LogP contribution is -2.29. The highest BCUT2D eigenvalue weighted by Crippen LogP contribution is 2.20. The summed E-state index contributed by atoms with van der Waals surface area (Å²) in [5, 5.41) is 0. The summed E-state index contributed by atoms with van der Waals surface area (Å²) in [7, 11) is 0. The van der Waals surface area contributed by atoms with Crippen molar-refractivity contribution in [2.45, 2.75) is 39.0 Å². The van der Waals surface area contributed by atoms with Crippen molar-refractivity contribution in [2.75, 3.05) is 18.0 Å². The molecule has 2 heteroatoms. The number of piperidine rings is 1. The van der Waals surface area contributed by atoms with Crippen LogP contribution in [0.15, 0.2) is 36.4 Å². The molecule has 1 aliphatic rings. The molecule has 0 bridgehead atoms. The summed E-state index contributed by atoms with van der Waals surface area (Å²) in [5.74, 6) is 0.219. The van der Waals surface area contributed by atoms with Gasteiger partial charge in [0.1, 0.15) is 5.78 Å². The summed E-state index contributed by atoms with van der Waals surface area (Å²) in [4.78, 5) is 13.3. The van der Waals surface area contributed by atoms with E-state index in [1.807, 2.05) is 6.08 Å². The fraction of sp³-hybridized carbons (Fsp3) is 0.471. The van der Waals surface area contributed by atoms with Crippen molar-refractivity contribution in [3.63, 3.8) is 0 Å². The Labute approximate surface area is 116 Å². The number of nitrogens with zero attached hydrogens (tertiary/aromatic N) is 1. The molecule has 0 aromatic heterocycles. The first kappa shape index (κ1) is 13.9. The van der Waals surface area contributed by atoms with Gasteiger partial charge >= 0.3 is 0 Å². The second kappa shape index (κ2) is 7.13. The lowest BCUT2D eigenvalue weighted by atomic mass is 10.1. The van der Waals surface area contributed by atoms with Gasteiger partial charge in [-0.25, -0.2) is 0 Å². The van der Waals surface area contributed by atoms with Crippen LogP contribution >= 0.6 is 0 Å². The van der Waals surface area contributed by atoms with Crippen molar-refractivity contribution in [2.24, 2.45) is 0 Å². The van der Waals surface area contributed by atoms with Gasteiger partial charge in [-0.1, -0.05) is 24.3 Å². The van der Waals surface area contributed by atoms with Gasteiger partial charge in [-0.3, -0.25) is 4.79 Å². The summed E-state index contributed by atoms with van der Waals surface area (Å²) >= 11 is 0. The standard InChI is InChI=1S/C17H23NO/c1-15(19)7-3-4-8-16-9-11-17(12-10-16)18-13-5-2-6-14-18/h3-4,9-12H,2,5-8,13-14H2,1H3. The molecule has 1 heterocycles. The lowest BCUT2D eigenvalue weighted by molar-refractivity contribution is -0.116. The van der Waals surface area contributed by atoms with E-state index < -0.39 is 0 Å². The zero-order valence-electron chi connectivity index (χ0n) is 11.8. The third kappa shape index (κ3) is 4.55. The van der Waals surface area contributed by atoms with Crippen LogP contribution in [0.25, 0.3) is 0 Å². The number of allylic oxidation sites excluding steroid dienone is 2. The molecule has 1 fully saturated rings. The molecular formula is C17H23NO. The molecule has 1 aromatic carbocycles. The number of rotatable bonds is 5. The van der Waals surface area contributed by atoms with Gasteiger partial charge in [0.25, 0.3) is 0 Å². The summed E-state index contributed by atoms with van der Waals surface area (Å²) < 4.78 is 0. The fourth-order valence-electron chi connectivity index (χ4n) is 2.46. The molecule has 102 valence electrons. The molecule has 0 aliphatic carbocycles. The molecule has 0 atom stereocenters. The van der Waals surface area contributed by atoms with Gasteiger partial charge in [-0.2, -0.15) is 0 Å². The van der Waals surface area contributed by atoms with Crippen molar-refractivity contribution in [3.8, 4) is 0 Å².